The number of guanidine groups is 1. The Balaban J connectivity index is 1.71. The van der Waals surface area contributed by atoms with E-state index >= 15 is 0 Å². The van der Waals surface area contributed by atoms with Crippen LogP contribution in [0.1, 0.15) is 62.9 Å². The van der Waals surface area contributed by atoms with E-state index in [1.165, 1.54) is 23.5 Å². The molecule has 3 N–H and O–H groups in total. The van der Waals surface area contributed by atoms with Crippen molar-refractivity contribution in [3.8, 4) is 17.1 Å². The Morgan fingerprint density at radius 2 is 2.00 bits per heavy atom. The van der Waals surface area contributed by atoms with Crippen molar-refractivity contribution in [1.82, 2.24) is 15.0 Å². The molecule has 0 saturated carbocycles. The molecule has 1 aromatic heterocycles. The lowest BCUT2D eigenvalue weighted by molar-refractivity contribution is -0.138. The van der Waals surface area contributed by atoms with Gasteiger partial charge in [0, 0.05) is 12.1 Å². The highest BCUT2D eigenvalue weighted by Crippen LogP contribution is 2.39. The van der Waals surface area contributed by atoms with Gasteiger partial charge in [0.2, 0.25) is 5.82 Å². The first-order chi connectivity index (χ1) is 15.3. The predicted octanol–water partition coefficient (Wildman–Crippen LogP) is 5.30. The van der Waals surface area contributed by atoms with Crippen LogP contribution < -0.4 is 10.5 Å². The van der Waals surface area contributed by atoms with Crippen LogP contribution in [0.2, 0.25) is 0 Å². The first-order valence-corrected chi connectivity index (χ1v) is 10.8. The number of unbranched alkanes of at least 4 members (excludes halogenated alkanes) is 5. The highest BCUT2D eigenvalue weighted by molar-refractivity contribution is 5.76. The number of nitrogens with zero attached hydrogens (tertiary/aromatic N) is 3. The minimum absolute atomic E-state index is 0.0248. The Bertz CT molecular complexity index is 942. The van der Waals surface area contributed by atoms with E-state index in [0.29, 0.717) is 13.0 Å². The number of alkyl halides is 3. The highest BCUT2D eigenvalue weighted by atomic mass is 19.4. The summed E-state index contributed by atoms with van der Waals surface area (Å²) in [5.41, 5.74) is 4.83. The van der Waals surface area contributed by atoms with Gasteiger partial charge in [0.15, 0.2) is 5.96 Å². The molecule has 1 aliphatic rings. The van der Waals surface area contributed by atoms with Crippen LogP contribution in [0.25, 0.3) is 11.4 Å². The van der Waals surface area contributed by atoms with Gasteiger partial charge in [-0.1, -0.05) is 56.3 Å². The zero-order chi connectivity index (χ0) is 23.1. The average molecular weight is 451 g/mol. The van der Waals surface area contributed by atoms with Gasteiger partial charge in [-0.05, 0) is 24.6 Å². The molecule has 2 aromatic rings. The van der Waals surface area contributed by atoms with Gasteiger partial charge in [0.1, 0.15) is 11.8 Å². The molecule has 1 aliphatic heterocycles. The number of nitrogens with one attached hydrogen (secondary N) is 1. The molecular formula is C22H28F3N5O2. The normalized spacial score (nSPS) is 16.0. The van der Waals surface area contributed by atoms with Crippen molar-refractivity contribution in [1.29, 1.82) is 5.41 Å². The highest BCUT2D eigenvalue weighted by Gasteiger charge is 2.35. The second-order valence-corrected chi connectivity index (χ2v) is 7.69. The van der Waals surface area contributed by atoms with Crippen LogP contribution in [0.4, 0.5) is 13.2 Å². The number of benzene rings is 1. The van der Waals surface area contributed by atoms with Gasteiger partial charge in [-0.15, -0.1) is 0 Å². The number of hydrogen-bond donors (Lipinski definition) is 2. The van der Waals surface area contributed by atoms with Gasteiger partial charge in [-0.2, -0.15) is 18.2 Å². The molecule has 174 valence electrons. The van der Waals surface area contributed by atoms with E-state index in [1.54, 1.807) is 12.2 Å². The van der Waals surface area contributed by atoms with Crippen molar-refractivity contribution in [2.75, 3.05) is 13.2 Å². The molecular weight excluding hydrogens is 423 g/mol. The molecule has 32 heavy (non-hydrogen) atoms. The number of hydrogen-bond acceptors (Lipinski definition) is 5. The summed E-state index contributed by atoms with van der Waals surface area (Å²) in [4.78, 5) is 5.75. The minimum atomic E-state index is -4.58. The number of halogens is 3. The summed E-state index contributed by atoms with van der Waals surface area (Å²) in [7, 11) is 0. The SMILES string of the molecule is CCCCCCCCOc1ccc(-c2noc([C@@H]3C=CCN3C(=N)N)n2)cc1C(F)(F)F. The molecule has 1 atom stereocenters. The van der Waals surface area contributed by atoms with Crippen molar-refractivity contribution < 1.29 is 22.4 Å². The van der Waals surface area contributed by atoms with E-state index in [9.17, 15) is 13.2 Å². The predicted molar refractivity (Wildman–Crippen MR) is 114 cm³/mol. The molecule has 3 rings (SSSR count). The van der Waals surface area contributed by atoms with Crippen molar-refractivity contribution in [2.45, 2.75) is 57.7 Å². The summed E-state index contributed by atoms with van der Waals surface area (Å²) in [5.74, 6) is -0.191. The molecule has 7 nitrogen and oxygen atoms in total. The van der Waals surface area contributed by atoms with E-state index in [0.717, 1.165) is 31.7 Å². The fraction of sp³-hybridized carbons (Fsp3) is 0.500. The lowest BCUT2D eigenvalue weighted by Crippen LogP contribution is -2.36. The molecule has 0 bridgehead atoms. The summed E-state index contributed by atoms with van der Waals surface area (Å²) in [6.07, 6.45) is 5.10. The first kappa shape index (κ1) is 23.6. The second kappa shape index (κ2) is 10.5. The van der Waals surface area contributed by atoms with Gasteiger partial charge in [-0.3, -0.25) is 5.41 Å². The van der Waals surface area contributed by atoms with E-state index in [2.05, 4.69) is 17.1 Å². The molecule has 0 amide bonds. The Labute approximate surface area is 184 Å². The Morgan fingerprint density at radius 1 is 1.25 bits per heavy atom. The largest absolute Gasteiger partial charge is 0.493 e. The van der Waals surface area contributed by atoms with E-state index in [1.807, 2.05) is 0 Å². The number of ether oxygens (including phenoxy) is 1. The van der Waals surface area contributed by atoms with Crippen molar-refractivity contribution in [2.24, 2.45) is 5.73 Å². The lowest BCUT2D eigenvalue weighted by Gasteiger charge is -2.21. The summed E-state index contributed by atoms with van der Waals surface area (Å²) >= 11 is 0. The van der Waals surface area contributed by atoms with Crippen LogP contribution in [0.5, 0.6) is 5.75 Å². The Morgan fingerprint density at radius 3 is 2.72 bits per heavy atom. The average Bonchev–Trinajstić information content (AvgIpc) is 3.42. The molecule has 0 fully saturated rings. The van der Waals surface area contributed by atoms with Crippen LogP contribution in [-0.2, 0) is 6.18 Å². The summed E-state index contributed by atoms with van der Waals surface area (Å²) < 4.78 is 51.6. The van der Waals surface area contributed by atoms with Crippen LogP contribution in [0.15, 0.2) is 34.9 Å². The van der Waals surface area contributed by atoms with Crippen LogP contribution in [0, 0.1) is 5.41 Å². The fourth-order valence-corrected chi connectivity index (χ4v) is 3.54. The third-order valence-electron chi connectivity index (χ3n) is 5.26. The zero-order valence-electron chi connectivity index (χ0n) is 18.0. The maximum absolute atomic E-state index is 13.7. The molecule has 10 heteroatoms. The van der Waals surface area contributed by atoms with Gasteiger partial charge in [0.25, 0.3) is 5.89 Å². The van der Waals surface area contributed by atoms with E-state index in [4.69, 9.17) is 20.4 Å². The molecule has 1 aromatic carbocycles. The first-order valence-electron chi connectivity index (χ1n) is 10.8. The molecule has 0 radical (unpaired) electrons. The lowest BCUT2D eigenvalue weighted by atomic mass is 10.1. The van der Waals surface area contributed by atoms with Gasteiger partial charge in [0.05, 0.1) is 12.2 Å². The van der Waals surface area contributed by atoms with Crippen molar-refractivity contribution >= 4 is 5.96 Å². The van der Waals surface area contributed by atoms with Crippen molar-refractivity contribution in [3.63, 3.8) is 0 Å². The van der Waals surface area contributed by atoms with Crippen LogP contribution in [0.3, 0.4) is 0 Å². The maximum Gasteiger partial charge on any atom is 0.419 e. The van der Waals surface area contributed by atoms with Crippen LogP contribution in [-0.4, -0.2) is 34.2 Å². The topological polar surface area (TPSA) is 101 Å². The van der Waals surface area contributed by atoms with Gasteiger partial charge < -0.3 is 19.9 Å². The molecule has 0 unspecified atom stereocenters. The molecule has 2 heterocycles. The number of aromatic nitrogens is 2. The molecule has 0 saturated heterocycles. The third kappa shape index (κ3) is 5.80. The van der Waals surface area contributed by atoms with Crippen molar-refractivity contribution in [3.05, 3.63) is 41.8 Å². The third-order valence-corrected chi connectivity index (χ3v) is 5.26. The summed E-state index contributed by atoms with van der Waals surface area (Å²) in [6.45, 7) is 2.78. The smallest absolute Gasteiger partial charge is 0.419 e. The molecule has 0 aliphatic carbocycles. The summed E-state index contributed by atoms with van der Waals surface area (Å²) in [5, 5.41) is 11.4. The quantitative estimate of drug-likeness (QED) is 0.220. The standard InChI is InChI=1S/C22H28F3N5O2/c1-2-3-4-5-6-7-13-31-18-11-10-15(14-16(18)22(23,24)25)19-28-20(32-29-19)17-9-8-12-30(17)21(26)27/h8-11,14,17H,2-7,12-13H2,1H3,(H3,26,27)/t17-/m0/s1. The minimum Gasteiger partial charge on any atom is -0.493 e. The van der Waals surface area contributed by atoms with E-state index < -0.39 is 17.8 Å². The fourth-order valence-electron chi connectivity index (χ4n) is 3.54. The van der Waals surface area contributed by atoms with Gasteiger partial charge in [-0.25, -0.2) is 0 Å². The monoisotopic (exact) mass is 451 g/mol. The Kier molecular flexibility index (Phi) is 7.76. The van der Waals surface area contributed by atoms with Gasteiger partial charge >= 0.3 is 6.18 Å². The summed E-state index contributed by atoms with van der Waals surface area (Å²) in [6, 6.07) is 3.23. The number of rotatable bonds is 10. The maximum atomic E-state index is 13.7. The second-order valence-electron chi connectivity index (χ2n) is 7.69. The zero-order valence-corrected chi connectivity index (χ0v) is 18.0. The number of nitrogens with two attached hydrogens (primary N) is 1. The molecule has 0 spiro atoms. The Hall–Kier alpha value is -3.04. The van der Waals surface area contributed by atoms with E-state index in [-0.39, 0.29) is 35.6 Å². The van der Waals surface area contributed by atoms with Crippen LogP contribution >= 0.6 is 0 Å².